The number of amides is 1. The average Bonchev–Trinajstić information content (AvgIpc) is 2.92. The van der Waals surface area contributed by atoms with Gasteiger partial charge in [0.1, 0.15) is 6.04 Å². The van der Waals surface area contributed by atoms with Gasteiger partial charge >= 0.3 is 0 Å². The fourth-order valence-corrected chi connectivity index (χ4v) is 2.11. The summed E-state index contributed by atoms with van der Waals surface area (Å²) in [6.07, 6.45) is 0. The van der Waals surface area contributed by atoms with E-state index in [0.717, 1.165) is 17.1 Å². The lowest BCUT2D eigenvalue weighted by atomic mass is 9.84. The van der Waals surface area contributed by atoms with Crippen LogP contribution in [0, 0.1) is 0 Å². The van der Waals surface area contributed by atoms with Crippen molar-refractivity contribution in [3.05, 3.63) is 23.8 Å². The van der Waals surface area contributed by atoms with E-state index in [9.17, 15) is 4.79 Å². The highest BCUT2D eigenvalue weighted by Gasteiger charge is 2.25. The monoisotopic (exact) mass is 294 g/mol. The van der Waals surface area contributed by atoms with E-state index in [-0.39, 0.29) is 24.7 Å². The molecule has 0 aromatic heterocycles. The van der Waals surface area contributed by atoms with Crippen molar-refractivity contribution >= 4 is 5.91 Å². The molecule has 1 aliphatic heterocycles. The molecule has 1 aliphatic rings. The molecule has 2 rings (SSSR count). The number of methoxy groups -OCH3 is 1. The van der Waals surface area contributed by atoms with Crippen LogP contribution in [0.15, 0.2) is 18.2 Å². The number of benzene rings is 1. The highest BCUT2D eigenvalue weighted by molar-refractivity contribution is 5.81. The van der Waals surface area contributed by atoms with Crippen molar-refractivity contribution in [2.45, 2.75) is 25.3 Å². The molecule has 0 saturated heterocycles. The van der Waals surface area contributed by atoms with E-state index in [4.69, 9.17) is 19.9 Å². The summed E-state index contributed by atoms with van der Waals surface area (Å²) in [6.45, 7) is 5.03. The summed E-state index contributed by atoms with van der Waals surface area (Å²) in [7, 11) is 1.52. The second-order valence-corrected chi connectivity index (χ2v) is 5.73. The van der Waals surface area contributed by atoms with Crippen LogP contribution < -0.4 is 20.5 Å². The van der Waals surface area contributed by atoms with E-state index in [1.54, 1.807) is 0 Å². The van der Waals surface area contributed by atoms with Gasteiger partial charge < -0.3 is 25.3 Å². The first-order chi connectivity index (χ1) is 9.94. The predicted octanol–water partition coefficient (Wildman–Crippen LogP) is 0.783. The van der Waals surface area contributed by atoms with E-state index < -0.39 is 6.04 Å². The number of carbonyl (C=O) groups excluding carboxylic acids is 1. The third-order valence-corrected chi connectivity index (χ3v) is 3.54. The van der Waals surface area contributed by atoms with Crippen LogP contribution >= 0.6 is 0 Å². The lowest BCUT2D eigenvalue weighted by molar-refractivity contribution is -0.123. The fraction of sp³-hybridized carbons (Fsp3) is 0.533. The van der Waals surface area contributed by atoms with Gasteiger partial charge in [-0.25, -0.2) is 0 Å². The van der Waals surface area contributed by atoms with Crippen LogP contribution in [0.25, 0.3) is 0 Å². The lowest BCUT2D eigenvalue weighted by Crippen LogP contribution is -2.47. The second-order valence-electron chi connectivity index (χ2n) is 5.73. The maximum atomic E-state index is 11.8. The topological polar surface area (TPSA) is 82.8 Å². The number of nitrogens with one attached hydrogen (secondary N) is 1. The molecule has 1 amide bonds. The van der Waals surface area contributed by atoms with Crippen molar-refractivity contribution in [3.8, 4) is 11.5 Å². The smallest absolute Gasteiger partial charge is 0.239 e. The van der Waals surface area contributed by atoms with Gasteiger partial charge in [-0.1, -0.05) is 19.9 Å². The highest BCUT2D eigenvalue weighted by atomic mass is 16.7. The number of hydrogen-bond acceptors (Lipinski definition) is 5. The molecule has 1 heterocycles. The molecular weight excluding hydrogens is 272 g/mol. The van der Waals surface area contributed by atoms with Gasteiger partial charge in [-0.05, 0) is 17.7 Å². The third kappa shape index (κ3) is 3.65. The zero-order valence-electron chi connectivity index (χ0n) is 12.6. The molecule has 3 N–H and O–H groups in total. The molecule has 1 atom stereocenters. The normalized spacial score (nSPS) is 14.9. The molecule has 0 fully saturated rings. The Morgan fingerprint density at radius 1 is 1.43 bits per heavy atom. The van der Waals surface area contributed by atoms with E-state index in [2.05, 4.69) is 5.32 Å². The lowest BCUT2D eigenvalue weighted by Gasteiger charge is -2.26. The van der Waals surface area contributed by atoms with Crippen molar-refractivity contribution in [1.82, 2.24) is 5.32 Å². The first-order valence-electron chi connectivity index (χ1n) is 6.86. The van der Waals surface area contributed by atoms with Crippen LogP contribution in [0.2, 0.25) is 0 Å². The quantitative estimate of drug-likeness (QED) is 0.810. The maximum absolute atomic E-state index is 11.8. The number of carbonyl (C=O) groups is 1. The molecule has 1 aromatic carbocycles. The number of hydrogen-bond donors (Lipinski definition) is 2. The zero-order chi connectivity index (χ0) is 15.5. The van der Waals surface area contributed by atoms with Gasteiger partial charge in [-0.3, -0.25) is 4.79 Å². The number of nitrogens with two attached hydrogens (primary N) is 1. The van der Waals surface area contributed by atoms with Gasteiger partial charge in [-0.15, -0.1) is 0 Å². The summed E-state index contributed by atoms with van der Waals surface area (Å²) < 4.78 is 15.6. The van der Waals surface area contributed by atoms with Crippen LogP contribution in [-0.2, 0) is 14.9 Å². The van der Waals surface area contributed by atoms with Crippen molar-refractivity contribution < 1.29 is 19.0 Å². The minimum absolute atomic E-state index is 0.205. The number of fused-ring (bicyclic) bond motifs is 1. The third-order valence-electron chi connectivity index (χ3n) is 3.54. The standard InChI is InChI=1S/C15H22N2O4/c1-15(2,8-17-14(18)11(16)7-19-3)10-4-5-12-13(6-10)21-9-20-12/h4-6,11H,7-9,16H2,1-3H3,(H,17,18). The average molecular weight is 294 g/mol. The zero-order valence-corrected chi connectivity index (χ0v) is 12.6. The summed E-state index contributed by atoms with van der Waals surface area (Å²) in [5.74, 6) is 1.27. The Bertz CT molecular complexity index is 516. The van der Waals surface area contributed by atoms with Crippen LogP contribution in [0.1, 0.15) is 19.4 Å². The molecule has 6 heteroatoms. The molecule has 0 radical (unpaired) electrons. The van der Waals surface area contributed by atoms with E-state index in [1.807, 2.05) is 32.0 Å². The first kappa shape index (κ1) is 15.6. The minimum atomic E-state index is -0.650. The van der Waals surface area contributed by atoms with E-state index in [0.29, 0.717) is 6.54 Å². The summed E-state index contributed by atoms with van der Waals surface area (Å²) in [5.41, 5.74) is 6.51. The second kappa shape index (κ2) is 6.32. The van der Waals surface area contributed by atoms with Crippen LogP contribution in [0.3, 0.4) is 0 Å². The Labute approximate surface area is 124 Å². The van der Waals surface area contributed by atoms with Gasteiger partial charge in [0.2, 0.25) is 12.7 Å². The van der Waals surface area contributed by atoms with Gasteiger partial charge in [0.15, 0.2) is 11.5 Å². The van der Waals surface area contributed by atoms with E-state index in [1.165, 1.54) is 7.11 Å². The Morgan fingerprint density at radius 3 is 2.86 bits per heavy atom. The summed E-state index contributed by atoms with van der Waals surface area (Å²) in [5, 5.41) is 2.86. The molecule has 1 aromatic rings. The SMILES string of the molecule is COCC(N)C(=O)NCC(C)(C)c1ccc2c(c1)OCO2. The summed E-state index contributed by atoms with van der Waals surface area (Å²) >= 11 is 0. The van der Waals surface area contributed by atoms with Crippen molar-refractivity contribution in [1.29, 1.82) is 0 Å². The Balaban J connectivity index is 2.00. The molecule has 21 heavy (non-hydrogen) atoms. The molecule has 0 bridgehead atoms. The van der Waals surface area contributed by atoms with Gasteiger partial charge in [-0.2, -0.15) is 0 Å². The van der Waals surface area contributed by atoms with Crippen molar-refractivity contribution in [3.63, 3.8) is 0 Å². The van der Waals surface area contributed by atoms with Gasteiger partial charge in [0.05, 0.1) is 6.61 Å². The van der Waals surface area contributed by atoms with Gasteiger partial charge in [0.25, 0.3) is 0 Å². The molecule has 0 saturated carbocycles. The van der Waals surface area contributed by atoms with E-state index >= 15 is 0 Å². The fourth-order valence-electron chi connectivity index (χ4n) is 2.11. The molecule has 116 valence electrons. The number of ether oxygens (including phenoxy) is 3. The first-order valence-corrected chi connectivity index (χ1v) is 6.86. The Morgan fingerprint density at radius 2 is 2.14 bits per heavy atom. The molecular formula is C15H22N2O4. The summed E-state index contributed by atoms with van der Waals surface area (Å²) in [4.78, 5) is 11.8. The van der Waals surface area contributed by atoms with Crippen molar-refractivity contribution in [2.75, 3.05) is 27.1 Å². The summed E-state index contributed by atoms with van der Waals surface area (Å²) in [6, 6.07) is 5.17. The molecule has 0 aliphatic carbocycles. The predicted molar refractivity (Wildman–Crippen MR) is 78.5 cm³/mol. The number of rotatable bonds is 6. The Hall–Kier alpha value is -1.79. The highest BCUT2D eigenvalue weighted by Crippen LogP contribution is 2.36. The van der Waals surface area contributed by atoms with Crippen LogP contribution in [-0.4, -0.2) is 39.0 Å². The maximum Gasteiger partial charge on any atom is 0.239 e. The Kier molecular flexibility index (Phi) is 4.69. The van der Waals surface area contributed by atoms with Crippen LogP contribution in [0.5, 0.6) is 11.5 Å². The largest absolute Gasteiger partial charge is 0.454 e. The molecule has 1 unspecified atom stereocenters. The minimum Gasteiger partial charge on any atom is -0.454 e. The van der Waals surface area contributed by atoms with Crippen molar-refractivity contribution in [2.24, 2.45) is 5.73 Å². The van der Waals surface area contributed by atoms with Gasteiger partial charge in [0, 0.05) is 19.1 Å². The van der Waals surface area contributed by atoms with Crippen LogP contribution in [0.4, 0.5) is 0 Å². The molecule has 6 nitrogen and oxygen atoms in total. The molecule has 0 spiro atoms.